The van der Waals surface area contributed by atoms with E-state index in [1.54, 1.807) is 19.2 Å². The van der Waals surface area contributed by atoms with Gasteiger partial charge in [0, 0.05) is 37.3 Å². The van der Waals surface area contributed by atoms with Crippen LogP contribution in [0.4, 0.5) is 6.01 Å². The zero-order valence-electron chi connectivity index (χ0n) is 12.5. The third-order valence-corrected chi connectivity index (χ3v) is 5.69. The zero-order valence-corrected chi connectivity index (χ0v) is 14.1. The highest BCUT2D eigenvalue weighted by molar-refractivity contribution is 7.88. The van der Waals surface area contributed by atoms with E-state index in [0.717, 1.165) is 18.4 Å². The molecule has 22 heavy (non-hydrogen) atoms. The van der Waals surface area contributed by atoms with Gasteiger partial charge in [-0.25, -0.2) is 12.7 Å². The highest BCUT2D eigenvalue weighted by Gasteiger charge is 2.28. The van der Waals surface area contributed by atoms with E-state index in [1.807, 2.05) is 11.0 Å². The number of benzene rings is 1. The van der Waals surface area contributed by atoms with Gasteiger partial charge in [-0.05, 0) is 25.0 Å². The third kappa shape index (κ3) is 3.06. The Morgan fingerprint density at radius 3 is 2.68 bits per heavy atom. The minimum Gasteiger partial charge on any atom is -0.423 e. The lowest BCUT2D eigenvalue weighted by Gasteiger charge is -2.34. The second-order valence-electron chi connectivity index (χ2n) is 5.61. The fraction of sp³-hybridized carbons (Fsp3) is 0.500. The number of halogens is 1. The Bertz CT molecular complexity index is 782. The van der Waals surface area contributed by atoms with Gasteiger partial charge in [0.2, 0.25) is 10.0 Å². The summed E-state index contributed by atoms with van der Waals surface area (Å²) in [6.45, 7) is 1.43. The third-order valence-electron chi connectivity index (χ3n) is 4.11. The first-order chi connectivity index (χ1) is 10.3. The first-order valence-electron chi connectivity index (χ1n) is 7.08. The van der Waals surface area contributed by atoms with Crippen LogP contribution in [-0.2, 0) is 10.0 Å². The standard InChI is InChI=1S/C14H18ClN3O3S/c1-17(22(2,19)20)11-5-7-18(8-6-11)14-16-12-4-3-10(15)9-13(12)21-14/h3-4,9,11H,5-8H2,1-2H3. The molecule has 1 fully saturated rings. The minimum absolute atomic E-state index is 0.0325. The van der Waals surface area contributed by atoms with Gasteiger partial charge in [0.1, 0.15) is 5.52 Å². The van der Waals surface area contributed by atoms with Gasteiger partial charge >= 0.3 is 0 Å². The highest BCUT2D eigenvalue weighted by Crippen LogP contribution is 2.27. The Kier molecular flexibility index (Phi) is 4.05. The lowest BCUT2D eigenvalue weighted by molar-refractivity contribution is 0.309. The Hall–Kier alpha value is -1.31. The van der Waals surface area contributed by atoms with Gasteiger partial charge in [-0.1, -0.05) is 11.6 Å². The smallest absolute Gasteiger partial charge is 0.298 e. The van der Waals surface area contributed by atoms with Crippen LogP contribution in [0.2, 0.25) is 5.02 Å². The van der Waals surface area contributed by atoms with Crippen LogP contribution in [0.25, 0.3) is 11.1 Å². The molecule has 8 heteroatoms. The van der Waals surface area contributed by atoms with E-state index >= 15 is 0 Å². The van der Waals surface area contributed by atoms with Crippen LogP contribution in [0.3, 0.4) is 0 Å². The number of anilines is 1. The Balaban J connectivity index is 1.72. The van der Waals surface area contributed by atoms with E-state index in [-0.39, 0.29) is 6.04 Å². The summed E-state index contributed by atoms with van der Waals surface area (Å²) >= 11 is 5.95. The molecule has 1 saturated heterocycles. The maximum absolute atomic E-state index is 11.6. The summed E-state index contributed by atoms with van der Waals surface area (Å²) in [5, 5.41) is 0.615. The van der Waals surface area contributed by atoms with Crippen LogP contribution in [0, 0.1) is 0 Å². The van der Waals surface area contributed by atoms with Crippen molar-refractivity contribution < 1.29 is 12.8 Å². The number of aromatic nitrogens is 1. The number of sulfonamides is 1. The van der Waals surface area contributed by atoms with E-state index in [1.165, 1.54) is 10.6 Å². The number of fused-ring (bicyclic) bond motifs is 1. The molecule has 0 N–H and O–H groups in total. The molecule has 0 spiro atoms. The molecule has 1 aliphatic rings. The van der Waals surface area contributed by atoms with Gasteiger partial charge in [0.25, 0.3) is 6.01 Å². The van der Waals surface area contributed by atoms with E-state index in [2.05, 4.69) is 4.98 Å². The number of nitrogens with zero attached hydrogens (tertiary/aromatic N) is 3. The average molecular weight is 344 g/mol. The van der Waals surface area contributed by atoms with Crippen molar-refractivity contribution in [2.24, 2.45) is 0 Å². The largest absolute Gasteiger partial charge is 0.423 e. The monoisotopic (exact) mass is 343 g/mol. The molecule has 0 bridgehead atoms. The summed E-state index contributed by atoms with van der Waals surface area (Å²) in [6.07, 6.45) is 2.75. The van der Waals surface area contributed by atoms with Crippen molar-refractivity contribution in [1.29, 1.82) is 0 Å². The van der Waals surface area contributed by atoms with Gasteiger partial charge in [-0.3, -0.25) is 0 Å². The first kappa shape index (κ1) is 15.6. The molecular weight excluding hydrogens is 326 g/mol. The maximum atomic E-state index is 11.6. The van der Waals surface area contributed by atoms with Crippen molar-refractivity contribution in [1.82, 2.24) is 9.29 Å². The fourth-order valence-corrected chi connectivity index (χ4v) is 3.63. The topological polar surface area (TPSA) is 66.7 Å². The molecule has 0 amide bonds. The zero-order chi connectivity index (χ0) is 15.9. The predicted octanol–water partition coefficient (Wildman–Crippen LogP) is 2.34. The molecule has 1 aliphatic heterocycles. The van der Waals surface area contributed by atoms with E-state index < -0.39 is 10.0 Å². The van der Waals surface area contributed by atoms with Gasteiger partial charge in [-0.2, -0.15) is 4.98 Å². The number of oxazole rings is 1. The van der Waals surface area contributed by atoms with E-state index in [4.69, 9.17) is 16.0 Å². The Morgan fingerprint density at radius 2 is 2.05 bits per heavy atom. The van der Waals surface area contributed by atoms with Gasteiger partial charge in [0.05, 0.1) is 6.26 Å². The molecule has 2 aromatic rings. The minimum atomic E-state index is -3.15. The van der Waals surface area contributed by atoms with Crippen LogP contribution in [0.15, 0.2) is 22.6 Å². The molecule has 120 valence electrons. The molecule has 0 atom stereocenters. The number of rotatable bonds is 3. The lowest BCUT2D eigenvalue weighted by Crippen LogP contribution is -2.45. The lowest BCUT2D eigenvalue weighted by atomic mass is 10.1. The average Bonchev–Trinajstić information content (AvgIpc) is 2.88. The van der Waals surface area contributed by atoms with Crippen LogP contribution in [0.1, 0.15) is 12.8 Å². The second kappa shape index (κ2) is 5.72. The molecule has 0 aliphatic carbocycles. The van der Waals surface area contributed by atoms with Crippen LogP contribution in [0.5, 0.6) is 0 Å². The van der Waals surface area contributed by atoms with Gasteiger partial charge in [0.15, 0.2) is 5.58 Å². The summed E-state index contributed by atoms with van der Waals surface area (Å²) in [5.74, 6) is 0. The molecule has 6 nitrogen and oxygen atoms in total. The fourth-order valence-electron chi connectivity index (χ4n) is 2.71. The molecule has 2 heterocycles. The Labute approximate surface area is 134 Å². The molecule has 1 aromatic carbocycles. The maximum Gasteiger partial charge on any atom is 0.298 e. The number of hydrogen-bond acceptors (Lipinski definition) is 5. The van der Waals surface area contributed by atoms with Crippen molar-refractivity contribution in [3.8, 4) is 0 Å². The highest BCUT2D eigenvalue weighted by atomic mass is 35.5. The second-order valence-corrected chi connectivity index (χ2v) is 8.08. The first-order valence-corrected chi connectivity index (χ1v) is 9.31. The number of hydrogen-bond donors (Lipinski definition) is 0. The van der Waals surface area contributed by atoms with Crippen molar-refractivity contribution in [3.05, 3.63) is 23.2 Å². The normalized spacial score (nSPS) is 17.5. The summed E-state index contributed by atoms with van der Waals surface area (Å²) in [7, 11) is -1.51. The van der Waals surface area contributed by atoms with Gasteiger partial charge < -0.3 is 9.32 Å². The summed E-state index contributed by atoms with van der Waals surface area (Å²) in [6, 6.07) is 5.96. The Morgan fingerprint density at radius 1 is 1.36 bits per heavy atom. The summed E-state index contributed by atoms with van der Waals surface area (Å²) in [5.41, 5.74) is 1.44. The van der Waals surface area contributed by atoms with E-state index in [0.29, 0.717) is 29.7 Å². The molecule has 0 saturated carbocycles. The van der Waals surface area contributed by atoms with Crippen LogP contribution in [-0.4, -0.2) is 50.1 Å². The van der Waals surface area contributed by atoms with E-state index in [9.17, 15) is 8.42 Å². The van der Waals surface area contributed by atoms with Crippen molar-refractivity contribution in [2.45, 2.75) is 18.9 Å². The summed E-state index contributed by atoms with van der Waals surface area (Å²) < 4.78 is 30.4. The molecule has 3 rings (SSSR count). The molecule has 0 radical (unpaired) electrons. The molecule has 1 aromatic heterocycles. The SMILES string of the molecule is CN(C1CCN(c2nc3ccc(Cl)cc3o2)CC1)S(C)(=O)=O. The van der Waals surface area contributed by atoms with Crippen LogP contribution < -0.4 is 4.90 Å². The quantitative estimate of drug-likeness (QED) is 0.855. The predicted molar refractivity (Wildman–Crippen MR) is 86.9 cm³/mol. The molecular formula is C14H18ClN3O3S. The van der Waals surface area contributed by atoms with Crippen molar-refractivity contribution >= 4 is 38.7 Å². The van der Waals surface area contributed by atoms with Crippen molar-refractivity contribution in [3.63, 3.8) is 0 Å². The van der Waals surface area contributed by atoms with Crippen molar-refractivity contribution in [2.75, 3.05) is 31.3 Å². The number of piperidine rings is 1. The summed E-state index contributed by atoms with van der Waals surface area (Å²) in [4.78, 5) is 6.51. The molecule has 0 unspecified atom stereocenters. The van der Waals surface area contributed by atoms with Gasteiger partial charge in [-0.15, -0.1) is 0 Å². The van der Waals surface area contributed by atoms with Crippen LogP contribution >= 0.6 is 11.6 Å².